The van der Waals surface area contributed by atoms with E-state index >= 15 is 0 Å². The largest absolute Gasteiger partial charge is 0.508 e. The van der Waals surface area contributed by atoms with Crippen LogP contribution in [0.1, 0.15) is 24.0 Å². The lowest BCUT2D eigenvalue weighted by atomic mass is 9.59. The molecule has 6 N–H and O–H groups in total. The highest BCUT2D eigenvalue weighted by atomic mass is 35.5. The summed E-state index contributed by atoms with van der Waals surface area (Å²) in [6, 6.07) is 4.69. The molecule has 1 amide bonds. The standard InChI is InChI=1S/C24H19ClN2O7/c25-14-8-27-4-3-12(14)11-1-2-15(28)18-13(11)6-9-5-10-7-16(29)19(23(26)33)22(32)24(10,34)21(31)17(9)20(18)30/h1-4,8-10,28,30,32,34H,5-7H2,(H2,26,33). The van der Waals surface area contributed by atoms with Crippen molar-refractivity contribution < 1.29 is 34.8 Å². The Kier molecular flexibility index (Phi) is 4.82. The molecule has 1 heterocycles. The number of phenolic OH excluding ortho intramolecular Hbond substituents is 1. The van der Waals surface area contributed by atoms with Gasteiger partial charge in [-0.05, 0) is 42.0 Å². The predicted octanol–water partition coefficient (Wildman–Crippen LogP) is 2.14. The van der Waals surface area contributed by atoms with E-state index in [0.29, 0.717) is 21.7 Å². The van der Waals surface area contributed by atoms with E-state index in [0.717, 1.165) is 0 Å². The topological polar surface area (TPSA) is 171 Å². The number of hydrogen-bond acceptors (Lipinski definition) is 8. The van der Waals surface area contributed by atoms with Crippen LogP contribution < -0.4 is 5.73 Å². The van der Waals surface area contributed by atoms with Crippen molar-refractivity contribution in [2.75, 3.05) is 0 Å². The van der Waals surface area contributed by atoms with Crippen molar-refractivity contribution in [3.8, 4) is 16.9 Å². The van der Waals surface area contributed by atoms with Gasteiger partial charge >= 0.3 is 0 Å². The third-order valence-electron chi connectivity index (χ3n) is 7.01. The Morgan fingerprint density at radius 1 is 1.12 bits per heavy atom. The number of carbonyl (C=O) groups is 3. The summed E-state index contributed by atoms with van der Waals surface area (Å²) in [5.74, 6) is -6.63. The average molecular weight is 483 g/mol. The molecule has 2 aromatic rings. The van der Waals surface area contributed by atoms with Gasteiger partial charge in [0.05, 0.1) is 10.6 Å². The van der Waals surface area contributed by atoms with Gasteiger partial charge in [-0.3, -0.25) is 19.4 Å². The Hall–Kier alpha value is -3.69. The average Bonchev–Trinajstić information content (AvgIpc) is 2.77. The highest BCUT2D eigenvalue weighted by Gasteiger charge is 2.60. The minimum Gasteiger partial charge on any atom is -0.508 e. The van der Waals surface area contributed by atoms with Crippen molar-refractivity contribution in [2.45, 2.75) is 24.9 Å². The molecule has 0 bridgehead atoms. The van der Waals surface area contributed by atoms with Crippen LogP contribution in [0.2, 0.25) is 5.02 Å². The summed E-state index contributed by atoms with van der Waals surface area (Å²) < 4.78 is 0. The maximum absolute atomic E-state index is 13.5. The van der Waals surface area contributed by atoms with Crippen LogP contribution in [0.25, 0.3) is 16.9 Å². The zero-order valence-corrected chi connectivity index (χ0v) is 18.3. The van der Waals surface area contributed by atoms with E-state index in [2.05, 4.69) is 4.98 Å². The Morgan fingerprint density at radius 2 is 1.85 bits per heavy atom. The second kappa shape index (κ2) is 7.41. The predicted molar refractivity (Wildman–Crippen MR) is 120 cm³/mol. The first-order valence-electron chi connectivity index (χ1n) is 10.5. The number of Topliss-reactive ketones (excluding diaryl/α,β-unsaturated/α-hetero) is 2. The zero-order valence-electron chi connectivity index (χ0n) is 17.6. The number of aromatic nitrogens is 1. The van der Waals surface area contributed by atoms with E-state index in [-0.39, 0.29) is 36.1 Å². The van der Waals surface area contributed by atoms with Gasteiger partial charge in [0.15, 0.2) is 11.4 Å². The van der Waals surface area contributed by atoms with Gasteiger partial charge in [0.1, 0.15) is 22.8 Å². The molecule has 0 saturated heterocycles. The number of aromatic hydroxyl groups is 1. The molecule has 3 aliphatic rings. The molecule has 0 aliphatic heterocycles. The Morgan fingerprint density at radius 3 is 2.53 bits per heavy atom. The number of halogens is 1. The van der Waals surface area contributed by atoms with Gasteiger partial charge in [0.2, 0.25) is 5.78 Å². The molecule has 3 unspecified atom stereocenters. The Bertz CT molecular complexity index is 1380. The smallest absolute Gasteiger partial charge is 0.255 e. The van der Waals surface area contributed by atoms with Gasteiger partial charge in [-0.15, -0.1) is 0 Å². The van der Waals surface area contributed by atoms with E-state index in [1.807, 2.05) is 0 Å². The van der Waals surface area contributed by atoms with E-state index in [4.69, 9.17) is 17.3 Å². The molecular weight excluding hydrogens is 464 g/mol. The lowest BCUT2D eigenvalue weighted by Crippen LogP contribution is -2.58. The maximum atomic E-state index is 13.5. The van der Waals surface area contributed by atoms with Crippen molar-refractivity contribution in [1.82, 2.24) is 4.98 Å². The zero-order chi connectivity index (χ0) is 24.5. The van der Waals surface area contributed by atoms with E-state index in [1.54, 1.807) is 18.3 Å². The molecule has 5 rings (SSSR count). The number of aliphatic hydroxyl groups excluding tert-OH is 2. The molecule has 9 nitrogen and oxygen atoms in total. The molecule has 1 fully saturated rings. The number of carbonyl (C=O) groups excluding carboxylic acids is 3. The number of phenols is 1. The number of amides is 1. The summed E-state index contributed by atoms with van der Waals surface area (Å²) in [5, 5.41) is 43.9. The van der Waals surface area contributed by atoms with Crippen molar-refractivity contribution in [3.05, 3.63) is 63.6 Å². The molecule has 1 saturated carbocycles. The number of nitrogens with two attached hydrogens (primary N) is 1. The Labute approximate surface area is 197 Å². The molecule has 174 valence electrons. The summed E-state index contributed by atoms with van der Waals surface area (Å²) in [7, 11) is 0. The Balaban J connectivity index is 1.73. The number of rotatable bonds is 2. The quantitative estimate of drug-likeness (QED) is 0.405. The number of fused-ring (bicyclic) bond motifs is 3. The van der Waals surface area contributed by atoms with Crippen molar-refractivity contribution >= 4 is 34.8 Å². The number of pyridine rings is 1. The number of nitrogens with zero attached hydrogens (tertiary/aromatic N) is 1. The van der Waals surface area contributed by atoms with Crippen LogP contribution in [0.3, 0.4) is 0 Å². The van der Waals surface area contributed by atoms with Crippen molar-refractivity contribution in [3.63, 3.8) is 0 Å². The lowest BCUT2D eigenvalue weighted by Gasteiger charge is -2.46. The van der Waals surface area contributed by atoms with Crippen LogP contribution in [0.4, 0.5) is 0 Å². The number of aliphatic hydroxyl groups is 3. The highest BCUT2D eigenvalue weighted by molar-refractivity contribution is 6.33. The third kappa shape index (κ3) is 2.83. The summed E-state index contributed by atoms with van der Waals surface area (Å²) in [6.45, 7) is 0. The molecular formula is C24H19ClN2O7. The summed E-state index contributed by atoms with van der Waals surface area (Å²) >= 11 is 6.32. The summed E-state index contributed by atoms with van der Waals surface area (Å²) in [4.78, 5) is 41.6. The third-order valence-corrected chi connectivity index (χ3v) is 7.31. The minimum atomic E-state index is -2.59. The normalized spacial score (nSPS) is 26.2. The van der Waals surface area contributed by atoms with Gasteiger partial charge in [0, 0.05) is 35.9 Å². The minimum absolute atomic E-state index is 0.0116. The molecule has 34 heavy (non-hydrogen) atoms. The van der Waals surface area contributed by atoms with Crippen LogP contribution in [-0.4, -0.2) is 48.5 Å². The first-order chi connectivity index (χ1) is 16.1. The molecule has 1 aromatic heterocycles. The summed E-state index contributed by atoms with van der Waals surface area (Å²) in [6.07, 6.45) is 2.89. The fourth-order valence-electron chi connectivity index (χ4n) is 5.47. The van der Waals surface area contributed by atoms with E-state index in [9.17, 15) is 34.8 Å². The highest BCUT2D eigenvalue weighted by Crippen LogP contribution is 2.53. The number of hydrogen-bond donors (Lipinski definition) is 5. The monoisotopic (exact) mass is 482 g/mol. The van der Waals surface area contributed by atoms with Gasteiger partial charge in [-0.2, -0.15) is 0 Å². The molecule has 0 spiro atoms. The van der Waals surface area contributed by atoms with Crippen molar-refractivity contribution in [1.29, 1.82) is 0 Å². The van der Waals surface area contributed by atoms with Crippen molar-refractivity contribution in [2.24, 2.45) is 17.6 Å². The summed E-state index contributed by atoms with van der Waals surface area (Å²) in [5.41, 5.74) is 3.38. The molecule has 3 atom stereocenters. The van der Waals surface area contributed by atoms with E-state index < -0.39 is 52.0 Å². The molecule has 3 aliphatic carbocycles. The second-order valence-electron chi connectivity index (χ2n) is 8.75. The molecule has 0 radical (unpaired) electrons. The first-order valence-corrected chi connectivity index (χ1v) is 10.9. The van der Waals surface area contributed by atoms with Crippen LogP contribution in [-0.2, 0) is 20.8 Å². The molecule has 10 heteroatoms. The van der Waals surface area contributed by atoms with Gasteiger partial charge in [-0.1, -0.05) is 17.7 Å². The van der Waals surface area contributed by atoms with Gasteiger partial charge in [0.25, 0.3) is 5.91 Å². The fourth-order valence-corrected chi connectivity index (χ4v) is 5.69. The number of primary amides is 1. The van der Waals surface area contributed by atoms with E-state index in [1.165, 1.54) is 12.3 Å². The van der Waals surface area contributed by atoms with Crippen LogP contribution in [0.5, 0.6) is 5.75 Å². The second-order valence-corrected chi connectivity index (χ2v) is 9.16. The SMILES string of the molecule is NC(=O)C1=C(O)C2(O)C(=O)C3=C(O)c4c(O)ccc(-c5ccncc5Cl)c4CC3CC2CC1=O. The molecule has 1 aromatic carbocycles. The van der Waals surface area contributed by atoms with Gasteiger partial charge in [-0.25, -0.2) is 0 Å². The number of ketones is 2. The van der Waals surface area contributed by atoms with Crippen LogP contribution in [0, 0.1) is 11.8 Å². The number of benzene rings is 1. The van der Waals surface area contributed by atoms with Gasteiger partial charge < -0.3 is 26.2 Å². The van der Waals surface area contributed by atoms with Crippen LogP contribution >= 0.6 is 11.6 Å². The first kappa shape index (κ1) is 22.1. The van der Waals surface area contributed by atoms with Crippen LogP contribution in [0.15, 0.2) is 47.5 Å². The maximum Gasteiger partial charge on any atom is 0.255 e. The lowest BCUT2D eigenvalue weighted by molar-refractivity contribution is -0.147. The fraction of sp³-hybridized carbons (Fsp3) is 0.250.